The number of hydrogen-bond donors (Lipinski definition) is 5. The summed E-state index contributed by atoms with van der Waals surface area (Å²) < 4.78 is 5.33. The smallest absolute Gasteiger partial charge is 0.407 e. The highest BCUT2D eigenvalue weighted by Crippen LogP contribution is 2.50. The minimum Gasteiger partial charge on any atom is -0.447 e. The Hall–Kier alpha value is -3.38. The molecule has 1 aliphatic heterocycles. The van der Waals surface area contributed by atoms with Crippen LogP contribution in [0.4, 0.5) is 9.59 Å². The van der Waals surface area contributed by atoms with Gasteiger partial charge in [-0.15, -0.1) is 0 Å². The summed E-state index contributed by atoms with van der Waals surface area (Å²) in [6, 6.07) is -4.10. The summed E-state index contributed by atoms with van der Waals surface area (Å²) >= 11 is 0. The molecule has 6 atom stereocenters. The van der Waals surface area contributed by atoms with E-state index in [9.17, 15) is 28.8 Å². The molecule has 3 aliphatic rings. The maximum Gasteiger partial charge on any atom is 0.407 e. The molecule has 13 nitrogen and oxygen atoms in total. The molecule has 0 radical (unpaired) electrons. The van der Waals surface area contributed by atoms with Gasteiger partial charge in [-0.25, -0.2) is 9.59 Å². The van der Waals surface area contributed by atoms with Gasteiger partial charge in [-0.1, -0.05) is 54.4 Å². The Labute approximate surface area is 254 Å². The van der Waals surface area contributed by atoms with Gasteiger partial charge in [-0.2, -0.15) is 0 Å². The van der Waals surface area contributed by atoms with Gasteiger partial charge in [0.25, 0.3) is 5.91 Å². The van der Waals surface area contributed by atoms with Crippen LogP contribution in [0.2, 0.25) is 0 Å². The largest absolute Gasteiger partial charge is 0.447 e. The van der Waals surface area contributed by atoms with Crippen LogP contribution in [0.25, 0.3) is 0 Å². The van der Waals surface area contributed by atoms with Gasteiger partial charge >= 0.3 is 12.1 Å². The third kappa shape index (κ3) is 9.30. The van der Waals surface area contributed by atoms with Gasteiger partial charge in [0.1, 0.15) is 18.7 Å². The summed E-state index contributed by atoms with van der Waals surface area (Å²) in [5.74, 6) is -2.48. The van der Waals surface area contributed by atoms with Crippen LogP contribution in [0.3, 0.4) is 0 Å². The number of ketones is 1. The van der Waals surface area contributed by atoms with Crippen molar-refractivity contribution in [2.24, 2.45) is 34.3 Å². The number of primary amides is 1. The molecule has 0 spiro atoms. The number of carbonyl (C=O) groups is 6. The second-order valence-corrected chi connectivity index (χ2v) is 14.8. The predicted octanol–water partition coefficient (Wildman–Crippen LogP) is 1.44. The maximum atomic E-state index is 14.0. The molecule has 3 fully saturated rings. The molecule has 43 heavy (non-hydrogen) atoms. The van der Waals surface area contributed by atoms with E-state index in [1.54, 1.807) is 0 Å². The standard InChI is InChI=1S/C30H50N6O7/c1-15(2)32-28(42)43-14-20(29(3,4)5)34-27(41)35-23(30(6,7)8)26(40)36-13-17-12-18(17)21(36)25(39)33-19(11-16-9-10-16)22(37)24(31)38/h15-21,23H,9-14H2,1-8H3,(H2,31,38)(H,32,42)(H,33,39)(H2,34,35,41)/t17-,18-,19?,20+,21?,23?/m0/s1. The number of fused-ring (bicyclic) bond motifs is 1. The fraction of sp³-hybridized carbons (Fsp3) is 0.800. The van der Waals surface area contributed by atoms with E-state index in [2.05, 4.69) is 21.3 Å². The molecule has 3 unspecified atom stereocenters. The van der Waals surface area contributed by atoms with Crippen LogP contribution >= 0.6 is 0 Å². The van der Waals surface area contributed by atoms with Gasteiger partial charge in [-0.05, 0) is 55.3 Å². The SMILES string of the molecule is CC(C)NC(=O)OC[C@@H](NC(=O)NC(C(=O)N1C[C@@H]2C[C@@H]2C1C(=O)NC(CC1CC1)C(=O)C(N)=O)C(C)(C)C)C(C)(C)C. The van der Waals surface area contributed by atoms with E-state index in [0.717, 1.165) is 19.3 Å². The van der Waals surface area contributed by atoms with Crippen molar-refractivity contribution < 1.29 is 33.5 Å². The fourth-order valence-electron chi connectivity index (χ4n) is 5.47. The van der Waals surface area contributed by atoms with Gasteiger partial charge in [0.15, 0.2) is 0 Å². The number of alkyl carbamates (subject to hydrolysis) is 1. The van der Waals surface area contributed by atoms with Crippen molar-refractivity contribution in [3.63, 3.8) is 0 Å². The quantitative estimate of drug-likeness (QED) is 0.208. The van der Waals surface area contributed by atoms with Crippen molar-refractivity contribution in [2.75, 3.05) is 13.2 Å². The molecule has 13 heteroatoms. The summed E-state index contributed by atoms with van der Waals surface area (Å²) in [7, 11) is 0. The molecule has 2 aliphatic carbocycles. The average molecular weight is 607 g/mol. The molecule has 0 aromatic carbocycles. The Bertz CT molecular complexity index is 1110. The zero-order chi connectivity index (χ0) is 32.4. The highest BCUT2D eigenvalue weighted by atomic mass is 16.5. The third-order valence-electron chi connectivity index (χ3n) is 8.37. The molecule has 6 amide bonds. The second-order valence-electron chi connectivity index (χ2n) is 14.8. The Balaban J connectivity index is 1.72. The van der Waals surface area contributed by atoms with Gasteiger partial charge in [0.2, 0.25) is 17.6 Å². The molecular weight excluding hydrogens is 556 g/mol. The van der Waals surface area contributed by atoms with Crippen LogP contribution in [0.1, 0.15) is 81.1 Å². The Kier molecular flexibility index (Phi) is 10.4. The highest BCUT2D eigenvalue weighted by Gasteiger charge is 2.58. The number of nitrogens with zero attached hydrogens (tertiary/aromatic N) is 1. The van der Waals surface area contributed by atoms with Crippen molar-refractivity contribution in [1.82, 2.24) is 26.2 Å². The number of rotatable bonds is 12. The third-order valence-corrected chi connectivity index (χ3v) is 8.37. The molecule has 242 valence electrons. The molecule has 0 aromatic heterocycles. The first-order valence-electron chi connectivity index (χ1n) is 15.2. The molecule has 2 saturated carbocycles. The number of urea groups is 1. The molecular formula is C30H50N6O7. The van der Waals surface area contributed by atoms with Crippen molar-refractivity contribution in [1.29, 1.82) is 0 Å². The zero-order valence-electron chi connectivity index (χ0n) is 26.7. The summed E-state index contributed by atoms with van der Waals surface area (Å²) in [5.41, 5.74) is 4.05. The number of piperidine rings is 1. The van der Waals surface area contributed by atoms with Crippen LogP contribution in [-0.4, -0.2) is 83.9 Å². The topological polar surface area (TPSA) is 189 Å². The highest BCUT2D eigenvalue weighted by molar-refractivity contribution is 6.37. The molecule has 3 rings (SSSR count). The molecule has 0 aromatic rings. The Morgan fingerprint density at radius 3 is 2.05 bits per heavy atom. The zero-order valence-corrected chi connectivity index (χ0v) is 26.7. The summed E-state index contributed by atoms with van der Waals surface area (Å²) in [4.78, 5) is 78.4. The minimum absolute atomic E-state index is 0.0527. The lowest BCUT2D eigenvalue weighted by Gasteiger charge is -2.37. The lowest BCUT2D eigenvalue weighted by molar-refractivity contribution is -0.144. The van der Waals surface area contributed by atoms with Crippen molar-refractivity contribution >= 4 is 35.6 Å². The Morgan fingerprint density at radius 2 is 1.53 bits per heavy atom. The van der Waals surface area contributed by atoms with Gasteiger partial charge in [-0.3, -0.25) is 19.2 Å². The van der Waals surface area contributed by atoms with Crippen LogP contribution in [0.15, 0.2) is 0 Å². The van der Waals surface area contributed by atoms with Crippen molar-refractivity contribution in [3.05, 3.63) is 0 Å². The number of nitrogens with one attached hydrogen (secondary N) is 4. The molecule has 0 bridgehead atoms. The monoisotopic (exact) mass is 606 g/mol. The normalized spacial score (nSPS) is 23.4. The molecule has 1 saturated heterocycles. The average Bonchev–Trinajstić information content (AvgIpc) is 3.80. The number of nitrogens with two attached hydrogens (primary N) is 1. The number of amides is 6. The summed E-state index contributed by atoms with van der Waals surface area (Å²) in [6.45, 7) is 15.0. The van der Waals surface area contributed by atoms with Crippen LogP contribution in [0.5, 0.6) is 0 Å². The Morgan fingerprint density at radius 1 is 0.907 bits per heavy atom. The lowest BCUT2D eigenvalue weighted by Crippen LogP contribution is -2.62. The van der Waals surface area contributed by atoms with E-state index in [4.69, 9.17) is 10.5 Å². The van der Waals surface area contributed by atoms with E-state index >= 15 is 0 Å². The second kappa shape index (κ2) is 13.1. The maximum absolute atomic E-state index is 14.0. The van der Waals surface area contributed by atoms with Gasteiger partial charge in [0.05, 0.1) is 12.1 Å². The predicted molar refractivity (Wildman–Crippen MR) is 158 cm³/mol. The van der Waals surface area contributed by atoms with E-state index in [-0.39, 0.29) is 30.4 Å². The first kappa shape index (κ1) is 34.1. The van der Waals surface area contributed by atoms with Crippen LogP contribution in [0, 0.1) is 28.6 Å². The summed E-state index contributed by atoms with van der Waals surface area (Å²) in [5, 5.41) is 11.0. The van der Waals surface area contributed by atoms with Crippen molar-refractivity contribution in [3.8, 4) is 0 Å². The van der Waals surface area contributed by atoms with E-state index < -0.39 is 70.6 Å². The first-order valence-corrected chi connectivity index (χ1v) is 15.2. The van der Waals surface area contributed by atoms with Crippen LogP contribution < -0.4 is 27.0 Å². The minimum atomic E-state index is -1.10. The van der Waals surface area contributed by atoms with Gasteiger partial charge < -0.3 is 36.6 Å². The number of likely N-dealkylation sites (tertiary alicyclic amines) is 1. The number of hydrogen-bond acceptors (Lipinski definition) is 7. The van der Waals surface area contributed by atoms with E-state index in [1.807, 2.05) is 55.4 Å². The number of Topliss-reactive ketones (excluding diaryl/α,β-unsaturated/α-hetero) is 1. The summed E-state index contributed by atoms with van der Waals surface area (Å²) in [6.07, 6.45) is 2.37. The van der Waals surface area contributed by atoms with Crippen molar-refractivity contribution in [2.45, 2.75) is 111 Å². The number of ether oxygens (including phenoxy) is 1. The molecule has 6 N–H and O–H groups in total. The molecule has 1 heterocycles. The van der Waals surface area contributed by atoms with E-state index in [1.165, 1.54) is 4.90 Å². The fourth-order valence-corrected chi connectivity index (χ4v) is 5.47. The lowest BCUT2D eigenvalue weighted by atomic mass is 9.85. The number of carbonyl (C=O) groups excluding carboxylic acids is 6. The van der Waals surface area contributed by atoms with Gasteiger partial charge in [0, 0.05) is 12.6 Å². The first-order chi connectivity index (χ1) is 19.8. The van der Waals surface area contributed by atoms with E-state index in [0.29, 0.717) is 13.0 Å². The van der Waals surface area contributed by atoms with Crippen LogP contribution in [-0.2, 0) is 23.9 Å².